The van der Waals surface area contributed by atoms with Crippen molar-refractivity contribution in [3.63, 3.8) is 0 Å². The summed E-state index contributed by atoms with van der Waals surface area (Å²) in [5.41, 5.74) is 2.64. The molecule has 30 heavy (non-hydrogen) atoms. The molecule has 0 aromatic heterocycles. The average molecular weight is 419 g/mol. The molecule has 1 saturated heterocycles. The molecule has 0 unspecified atom stereocenters. The number of benzene rings is 3. The van der Waals surface area contributed by atoms with E-state index in [1.807, 2.05) is 74.5 Å². The molecule has 5 nitrogen and oxygen atoms in total. The number of fused-ring (bicyclic) bond motifs is 1. The molecule has 3 aromatic carbocycles. The molecule has 152 valence electrons. The van der Waals surface area contributed by atoms with Crippen LogP contribution in [0.2, 0.25) is 0 Å². The lowest BCUT2D eigenvalue weighted by Crippen LogP contribution is -2.19. The Labute approximate surface area is 179 Å². The Morgan fingerprint density at radius 3 is 2.70 bits per heavy atom. The van der Waals surface area contributed by atoms with Gasteiger partial charge >= 0.3 is 0 Å². The number of amidine groups is 1. The zero-order valence-electron chi connectivity index (χ0n) is 17.1. The lowest BCUT2D eigenvalue weighted by molar-refractivity contribution is -0.115. The Balaban J connectivity index is 1.74. The first-order valence-corrected chi connectivity index (χ1v) is 10.5. The molecule has 0 radical (unpaired) electrons. The minimum absolute atomic E-state index is 0.180. The second-order valence-corrected chi connectivity index (χ2v) is 7.82. The highest BCUT2D eigenvalue weighted by Gasteiger charge is 2.25. The number of hydrogen-bond acceptors (Lipinski definition) is 5. The van der Waals surface area contributed by atoms with Gasteiger partial charge in [-0.2, -0.15) is 0 Å². The van der Waals surface area contributed by atoms with Crippen molar-refractivity contribution in [3.05, 3.63) is 70.6 Å². The van der Waals surface area contributed by atoms with Gasteiger partial charge in [-0.1, -0.05) is 36.4 Å². The Kier molecular flexibility index (Phi) is 5.77. The number of nitrogens with one attached hydrogen (secondary N) is 1. The van der Waals surface area contributed by atoms with E-state index in [-0.39, 0.29) is 5.91 Å². The molecular weight excluding hydrogens is 396 g/mol. The standard InChI is InChI=1S/C24H22N2O3S/c1-4-29-20-12-10-16-7-5-6-8-17(16)18(20)14-22-23(27)26-24(30-22)25-19-13-15(2)9-11-21(19)28-3/h5-14H,4H2,1-3H3,(H,25,26,27)/b22-14-. The van der Waals surface area contributed by atoms with E-state index in [1.165, 1.54) is 11.8 Å². The van der Waals surface area contributed by atoms with Crippen LogP contribution in [-0.2, 0) is 4.79 Å². The van der Waals surface area contributed by atoms with Gasteiger partial charge in [0.2, 0.25) is 0 Å². The number of amides is 1. The van der Waals surface area contributed by atoms with Crippen LogP contribution in [0.15, 0.2) is 64.5 Å². The number of aryl methyl sites for hydroxylation is 1. The van der Waals surface area contributed by atoms with E-state index in [2.05, 4.69) is 10.3 Å². The Hall–Kier alpha value is -3.25. The van der Waals surface area contributed by atoms with Crippen molar-refractivity contribution in [2.24, 2.45) is 4.99 Å². The fourth-order valence-corrected chi connectivity index (χ4v) is 4.13. The van der Waals surface area contributed by atoms with Crippen LogP contribution in [0.1, 0.15) is 18.1 Å². The normalized spacial score (nSPS) is 16.3. The molecule has 0 atom stereocenters. The Morgan fingerprint density at radius 2 is 1.90 bits per heavy atom. The third-order valence-corrected chi connectivity index (χ3v) is 5.62. The maximum Gasteiger partial charge on any atom is 0.264 e. The predicted octanol–water partition coefficient (Wildman–Crippen LogP) is 5.45. The molecular formula is C24H22N2O3S. The van der Waals surface area contributed by atoms with Crippen LogP contribution in [0.3, 0.4) is 0 Å². The van der Waals surface area contributed by atoms with Gasteiger partial charge in [0, 0.05) is 5.56 Å². The van der Waals surface area contributed by atoms with E-state index in [0.717, 1.165) is 27.6 Å². The third kappa shape index (κ3) is 4.04. The number of rotatable bonds is 5. The van der Waals surface area contributed by atoms with E-state index in [4.69, 9.17) is 9.47 Å². The van der Waals surface area contributed by atoms with Crippen molar-refractivity contribution >= 4 is 45.4 Å². The lowest BCUT2D eigenvalue weighted by Gasteiger charge is -2.11. The molecule has 0 spiro atoms. The maximum atomic E-state index is 12.7. The lowest BCUT2D eigenvalue weighted by atomic mass is 10.0. The van der Waals surface area contributed by atoms with Gasteiger partial charge in [-0.3, -0.25) is 4.79 Å². The number of carbonyl (C=O) groups excluding carboxylic acids is 1. The minimum atomic E-state index is -0.180. The SMILES string of the molecule is CCOc1ccc2ccccc2c1/C=C1\SC(=Nc2cc(C)ccc2OC)NC1=O. The van der Waals surface area contributed by atoms with Crippen molar-refractivity contribution in [1.82, 2.24) is 5.32 Å². The summed E-state index contributed by atoms with van der Waals surface area (Å²) in [6, 6.07) is 17.8. The molecule has 1 amide bonds. The number of nitrogens with zero attached hydrogens (tertiary/aromatic N) is 1. The van der Waals surface area contributed by atoms with Crippen LogP contribution >= 0.6 is 11.8 Å². The van der Waals surface area contributed by atoms with E-state index in [0.29, 0.717) is 28.1 Å². The van der Waals surface area contributed by atoms with Crippen molar-refractivity contribution < 1.29 is 14.3 Å². The van der Waals surface area contributed by atoms with Crippen LogP contribution in [0.4, 0.5) is 5.69 Å². The summed E-state index contributed by atoms with van der Waals surface area (Å²) >= 11 is 1.31. The minimum Gasteiger partial charge on any atom is -0.494 e. The molecule has 6 heteroatoms. The van der Waals surface area contributed by atoms with Crippen LogP contribution in [0, 0.1) is 6.92 Å². The van der Waals surface area contributed by atoms with Gasteiger partial charge < -0.3 is 14.8 Å². The first kappa shape index (κ1) is 20.0. The van der Waals surface area contributed by atoms with Crippen LogP contribution in [0.25, 0.3) is 16.8 Å². The number of thioether (sulfide) groups is 1. The Morgan fingerprint density at radius 1 is 1.10 bits per heavy atom. The van der Waals surface area contributed by atoms with Crippen molar-refractivity contribution in [1.29, 1.82) is 0 Å². The van der Waals surface area contributed by atoms with Crippen LogP contribution < -0.4 is 14.8 Å². The number of hydrogen-bond donors (Lipinski definition) is 1. The first-order valence-electron chi connectivity index (χ1n) is 9.68. The van der Waals surface area contributed by atoms with Crippen molar-refractivity contribution in [2.75, 3.05) is 13.7 Å². The highest BCUT2D eigenvalue weighted by atomic mass is 32.2. The Bertz CT molecular complexity index is 1180. The molecule has 1 aliphatic heterocycles. The van der Waals surface area contributed by atoms with E-state index in [9.17, 15) is 4.79 Å². The monoisotopic (exact) mass is 418 g/mol. The van der Waals surface area contributed by atoms with Crippen molar-refractivity contribution in [3.8, 4) is 11.5 Å². The number of ether oxygens (including phenoxy) is 2. The second-order valence-electron chi connectivity index (χ2n) is 6.79. The zero-order chi connectivity index (χ0) is 21.1. The molecule has 1 heterocycles. The molecule has 1 aliphatic rings. The summed E-state index contributed by atoms with van der Waals surface area (Å²) in [6.07, 6.45) is 1.88. The van der Waals surface area contributed by atoms with E-state index >= 15 is 0 Å². The van der Waals surface area contributed by atoms with Gasteiger partial charge in [0.15, 0.2) is 5.17 Å². The van der Waals surface area contributed by atoms with E-state index in [1.54, 1.807) is 7.11 Å². The largest absolute Gasteiger partial charge is 0.494 e. The highest BCUT2D eigenvalue weighted by Crippen LogP contribution is 2.36. The third-order valence-electron chi connectivity index (χ3n) is 4.71. The number of carbonyl (C=O) groups is 1. The fraction of sp³-hybridized carbons (Fsp3) is 0.167. The molecule has 3 aromatic rings. The summed E-state index contributed by atoms with van der Waals surface area (Å²) in [4.78, 5) is 17.8. The highest BCUT2D eigenvalue weighted by molar-refractivity contribution is 8.18. The number of methoxy groups -OCH3 is 1. The summed E-state index contributed by atoms with van der Waals surface area (Å²) in [5, 5.41) is 5.50. The molecule has 4 rings (SSSR count). The van der Waals surface area contributed by atoms with Crippen LogP contribution in [0.5, 0.6) is 11.5 Å². The molecule has 0 aliphatic carbocycles. The summed E-state index contributed by atoms with van der Waals surface area (Å²) in [7, 11) is 1.61. The zero-order valence-corrected chi connectivity index (χ0v) is 17.9. The van der Waals surface area contributed by atoms with Crippen molar-refractivity contribution in [2.45, 2.75) is 13.8 Å². The molecule has 1 N–H and O–H groups in total. The quantitative estimate of drug-likeness (QED) is 0.560. The van der Waals surface area contributed by atoms with Gasteiger partial charge in [0.05, 0.1) is 18.6 Å². The van der Waals surface area contributed by atoms with Gasteiger partial charge in [0.1, 0.15) is 17.2 Å². The summed E-state index contributed by atoms with van der Waals surface area (Å²) in [5.74, 6) is 1.23. The fourth-order valence-electron chi connectivity index (χ4n) is 3.31. The van der Waals surface area contributed by atoms with Crippen LogP contribution in [-0.4, -0.2) is 24.8 Å². The topological polar surface area (TPSA) is 59.9 Å². The average Bonchev–Trinajstić information content (AvgIpc) is 3.08. The summed E-state index contributed by atoms with van der Waals surface area (Å²) < 4.78 is 11.2. The number of aliphatic imine (C=N–C) groups is 1. The van der Waals surface area contributed by atoms with Gasteiger partial charge in [-0.25, -0.2) is 4.99 Å². The van der Waals surface area contributed by atoms with E-state index < -0.39 is 0 Å². The van der Waals surface area contributed by atoms with Gasteiger partial charge in [-0.05, 0) is 66.2 Å². The molecule has 0 bridgehead atoms. The second kappa shape index (κ2) is 8.63. The summed E-state index contributed by atoms with van der Waals surface area (Å²) in [6.45, 7) is 4.49. The molecule has 0 saturated carbocycles. The molecule has 1 fully saturated rings. The predicted molar refractivity (Wildman–Crippen MR) is 124 cm³/mol. The first-order chi connectivity index (χ1) is 14.6. The van der Waals surface area contributed by atoms with Gasteiger partial charge in [-0.15, -0.1) is 0 Å². The van der Waals surface area contributed by atoms with Gasteiger partial charge in [0.25, 0.3) is 5.91 Å². The maximum absolute atomic E-state index is 12.7. The smallest absolute Gasteiger partial charge is 0.264 e.